The highest BCUT2D eigenvalue weighted by Crippen LogP contribution is 2.20. The molecule has 1 aromatic carbocycles. The zero-order chi connectivity index (χ0) is 15.2. The molecule has 1 amide bonds. The van der Waals surface area contributed by atoms with Crippen molar-refractivity contribution in [2.24, 2.45) is 0 Å². The molecule has 1 rings (SSSR count). The summed E-state index contributed by atoms with van der Waals surface area (Å²) >= 11 is 4.85. The van der Waals surface area contributed by atoms with Gasteiger partial charge in [0.15, 0.2) is 0 Å². The monoisotopic (exact) mass is 360 g/mol. The predicted octanol–water partition coefficient (Wildman–Crippen LogP) is 1.97. The minimum atomic E-state index is -0.915. The number of thioether (sulfide) groups is 1. The second kappa shape index (κ2) is 8.02. The summed E-state index contributed by atoms with van der Waals surface area (Å²) in [7, 11) is 3.78. The fourth-order valence-electron chi connectivity index (χ4n) is 1.76. The maximum Gasteiger partial charge on any atom is 0.230 e. The van der Waals surface area contributed by atoms with E-state index in [1.54, 1.807) is 6.92 Å². The molecule has 0 heterocycles. The van der Waals surface area contributed by atoms with Gasteiger partial charge in [0.1, 0.15) is 0 Å². The molecule has 0 saturated carbocycles. The lowest BCUT2D eigenvalue weighted by Gasteiger charge is -2.27. The summed E-state index contributed by atoms with van der Waals surface area (Å²) in [6.07, 6.45) is 0. The van der Waals surface area contributed by atoms with Gasteiger partial charge in [-0.3, -0.25) is 4.79 Å². The van der Waals surface area contributed by atoms with Crippen molar-refractivity contribution in [3.05, 3.63) is 28.7 Å². The quantitative estimate of drug-likeness (QED) is 0.730. The normalized spacial score (nSPS) is 14.1. The molecule has 0 aromatic heterocycles. The lowest BCUT2D eigenvalue weighted by molar-refractivity contribution is -0.119. The van der Waals surface area contributed by atoms with Crippen LogP contribution in [0.1, 0.15) is 6.92 Å². The Morgan fingerprint density at radius 3 is 2.55 bits per heavy atom. The van der Waals surface area contributed by atoms with E-state index in [-0.39, 0.29) is 12.5 Å². The first-order valence-electron chi connectivity index (χ1n) is 6.31. The van der Waals surface area contributed by atoms with Gasteiger partial charge in [-0.2, -0.15) is 0 Å². The third kappa shape index (κ3) is 7.28. The predicted molar refractivity (Wildman–Crippen MR) is 87.1 cm³/mol. The van der Waals surface area contributed by atoms with Crippen LogP contribution in [0.2, 0.25) is 0 Å². The Bertz CT molecular complexity index is 435. The Morgan fingerprint density at radius 2 is 2.00 bits per heavy atom. The number of hydrogen-bond acceptors (Lipinski definition) is 4. The third-order valence-electron chi connectivity index (χ3n) is 2.51. The molecule has 0 radical (unpaired) electrons. The topological polar surface area (TPSA) is 52.6 Å². The third-order valence-corrected chi connectivity index (χ3v) is 4.05. The van der Waals surface area contributed by atoms with E-state index in [4.69, 9.17) is 0 Å². The molecule has 1 atom stereocenters. The highest BCUT2D eigenvalue weighted by Gasteiger charge is 2.21. The Hall–Kier alpha value is -0.560. The molecule has 0 spiro atoms. The van der Waals surface area contributed by atoms with Gasteiger partial charge in [-0.05, 0) is 45.3 Å². The molecule has 0 fully saturated rings. The molecule has 20 heavy (non-hydrogen) atoms. The van der Waals surface area contributed by atoms with Crippen LogP contribution in [0, 0.1) is 0 Å². The molecule has 0 saturated heterocycles. The van der Waals surface area contributed by atoms with Gasteiger partial charge in [-0.1, -0.05) is 15.9 Å². The lowest BCUT2D eigenvalue weighted by Crippen LogP contribution is -2.47. The van der Waals surface area contributed by atoms with Gasteiger partial charge in [0.2, 0.25) is 5.91 Å². The Morgan fingerprint density at radius 1 is 1.40 bits per heavy atom. The van der Waals surface area contributed by atoms with E-state index in [1.807, 2.05) is 43.3 Å². The van der Waals surface area contributed by atoms with Crippen molar-refractivity contribution in [1.82, 2.24) is 10.2 Å². The zero-order valence-electron chi connectivity index (χ0n) is 12.0. The maximum atomic E-state index is 11.7. The summed E-state index contributed by atoms with van der Waals surface area (Å²) in [6.45, 7) is 2.48. The number of halogens is 1. The average molecular weight is 361 g/mol. The van der Waals surface area contributed by atoms with Crippen LogP contribution in [0.15, 0.2) is 33.6 Å². The first kappa shape index (κ1) is 17.5. The van der Waals surface area contributed by atoms with Crippen molar-refractivity contribution in [1.29, 1.82) is 0 Å². The van der Waals surface area contributed by atoms with E-state index in [0.29, 0.717) is 12.3 Å². The molecule has 0 aliphatic heterocycles. The first-order chi connectivity index (χ1) is 9.28. The first-order valence-corrected chi connectivity index (χ1v) is 8.08. The van der Waals surface area contributed by atoms with Crippen molar-refractivity contribution in [3.63, 3.8) is 0 Å². The number of nitrogens with zero attached hydrogens (tertiary/aromatic N) is 1. The van der Waals surface area contributed by atoms with Crippen molar-refractivity contribution in [2.45, 2.75) is 17.4 Å². The minimum Gasteiger partial charge on any atom is -0.387 e. The average Bonchev–Trinajstić information content (AvgIpc) is 2.34. The molecule has 2 N–H and O–H groups in total. The van der Waals surface area contributed by atoms with E-state index in [1.165, 1.54) is 11.8 Å². The van der Waals surface area contributed by atoms with Crippen LogP contribution in [0.3, 0.4) is 0 Å². The van der Waals surface area contributed by atoms with Crippen molar-refractivity contribution in [3.8, 4) is 0 Å². The van der Waals surface area contributed by atoms with Crippen molar-refractivity contribution >= 4 is 33.6 Å². The molecule has 0 aliphatic carbocycles. The number of likely N-dealkylation sites (N-methyl/N-ethyl adjacent to an activating group) is 1. The van der Waals surface area contributed by atoms with Crippen LogP contribution in [0.4, 0.5) is 0 Å². The summed E-state index contributed by atoms with van der Waals surface area (Å²) in [6, 6.07) is 7.82. The van der Waals surface area contributed by atoms with Gasteiger partial charge in [-0.15, -0.1) is 11.8 Å². The summed E-state index contributed by atoms with van der Waals surface area (Å²) in [4.78, 5) is 14.7. The Kier molecular flexibility index (Phi) is 7.02. The van der Waals surface area contributed by atoms with E-state index in [0.717, 1.165) is 9.37 Å². The van der Waals surface area contributed by atoms with Crippen LogP contribution >= 0.6 is 27.7 Å². The van der Waals surface area contributed by atoms with Crippen LogP contribution in [0.25, 0.3) is 0 Å². The van der Waals surface area contributed by atoms with Crippen LogP contribution in [-0.2, 0) is 4.79 Å². The van der Waals surface area contributed by atoms with E-state index >= 15 is 0 Å². The molecular weight excluding hydrogens is 340 g/mol. The molecule has 0 bridgehead atoms. The van der Waals surface area contributed by atoms with Crippen molar-refractivity contribution in [2.75, 3.05) is 32.9 Å². The summed E-state index contributed by atoms with van der Waals surface area (Å²) in [5, 5.41) is 12.8. The standard InChI is InChI=1S/C14H21BrN2O2S/c1-14(19,10-17(2)3)9-16-13(18)8-20-12-6-4-11(15)5-7-12/h4-7,19H,8-10H2,1-3H3,(H,16,18). The molecule has 6 heteroatoms. The fourth-order valence-corrected chi connectivity index (χ4v) is 2.75. The van der Waals surface area contributed by atoms with Crippen LogP contribution < -0.4 is 5.32 Å². The highest BCUT2D eigenvalue weighted by molar-refractivity contribution is 9.10. The second-order valence-corrected chi connectivity index (χ2v) is 7.22. The number of carbonyl (C=O) groups is 1. The zero-order valence-corrected chi connectivity index (χ0v) is 14.4. The number of amides is 1. The highest BCUT2D eigenvalue weighted by atomic mass is 79.9. The maximum absolute atomic E-state index is 11.7. The van der Waals surface area contributed by atoms with E-state index < -0.39 is 5.60 Å². The second-order valence-electron chi connectivity index (χ2n) is 5.25. The van der Waals surface area contributed by atoms with Gasteiger partial charge >= 0.3 is 0 Å². The molecule has 1 aromatic rings. The molecular formula is C14H21BrN2O2S. The van der Waals surface area contributed by atoms with Gasteiger partial charge < -0.3 is 15.3 Å². The fraction of sp³-hybridized carbons (Fsp3) is 0.500. The van der Waals surface area contributed by atoms with Crippen LogP contribution in [-0.4, -0.2) is 54.5 Å². The number of nitrogens with one attached hydrogen (secondary N) is 1. The molecule has 4 nitrogen and oxygen atoms in total. The minimum absolute atomic E-state index is 0.0723. The number of benzene rings is 1. The molecule has 112 valence electrons. The molecule has 0 aliphatic rings. The smallest absolute Gasteiger partial charge is 0.230 e. The Balaban J connectivity index is 2.32. The van der Waals surface area contributed by atoms with Gasteiger partial charge in [0, 0.05) is 22.5 Å². The lowest BCUT2D eigenvalue weighted by atomic mass is 10.1. The molecule has 1 unspecified atom stereocenters. The number of rotatable bonds is 7. The number of carbonyl (C=O) groups excluding carboxylic acids is 1. The van der Waals surface area contributed by atoms with Crippen LogP contribution in [0.5, 0.6) is 0 Å². The van der Waals surface area contributed by atoms with Gasteiger partial charge in [0.05, 0.1) is 11.4 Å². The van der Waals surface area contributed by atoms with Gasteiger partial charge in [-0.25, -0.2) is 0 Å². The Labute approximate surface area is 133 Å². The number of aliphatic hydroxyl groups is 1. The van der Waals surface area contributed by atoms with Crippen molar-refractivity contribution < 1.29 is 9.90 Å². The van der Waals surface area contributed by atoms with E-state index in [9.17, 15) is 9.90 Å². The number of hydrogen-bond donors (Lipinski definition) is 2. The summed E-state index contributed by atoms with van der Waals surface area (Å²) < 4.78 is 1.02. The SMILES string of the molecule is CN(C)CC(C)(O)CNC(=O)CSc1ccc(Br)cc1. The van der Waals surface area contributed by atoms with Gasteiger partial charge in [0.25, 0.3) is 0 Å². The van der Waals surface area contributed by atoms with E-state index in [2.05, 4.69) is 21.2 Å². The summed E-state index contributed by atoms with van der Waals surface area (Å²) in [5.74, 6) is 0.275. The summed E-state index contributed by atoms with van der Waals surface area (Å²) in [5.41, 5.74) is -0.915. The largest absolute Gasteiger partial charge is 0.387 e.